The Kier molecular flexibility index (Phi) is 4.55. The van der Waals surface area contributed by atoms with Crippen LogP contribution in [0.1, 0.15) is 11.5 Å². The lowest BCUT2D eigenvalue weighted by atomic mass is 10.2. The molecule has 0 atom stereocenters. The molecule has 0 aliphatic carbocycles. The van der Waals surface area contributed by atoms with E-state index in [4.69, 9.17) is 16.0 Å². The Balaban J connectivity index is 1.95. The van der Waals surface area contributed by atoms with Crippen LogP contribution in [0, 0.1) is 15.9 Å². The highest BCUT2D eigenvalue weighted by Crippen LogP contribution is 2.27. The van der Waals surface area contributed by atoms with E-state index in [1.807, 2.05) is 0 Å². The van der Waals surface area contributed by atoms with Crippen LogP contribution >= 0.6 is 11.6 Å². The van der Waals surface area contributed by atoms with Gasteiger partial charge in [0.15, 0.2) is 0 Å². The molecule has 3 rings (SSSR count). The largest absolute Gasteiger partial charge is 0.457 e. The molecular formula is C16H9ClFN3O5. The minimum Gasteiger partial charge on any atom is -0.457 e. The molecule has 132 valence electrons. The van der Waals surface area contributed by atoms with Gasteiger partial charge >= 0.3 is 16.9 Å². The molecule has 2 aromatic heterocycles. The van der Waals surface area contributed by atoms with Crippen LogP contribution in [0.15, 0.2) is 44.3 Å². The van der Waals surface area contributed by atoms with Crippen LogP contribution in [-0.4, -0.2) is 14.9 Å². The first-order chi connectivity index (χ1) is 12.3. The van der Waals surface area contributed by atoms with Crippen molar-refractivity contribution in [2.24, 2.45) is 0 Å². The average molecular weight is 378 g/mol. The summed E-state index contributed by atoms with van der Waals surface area (Å²) in [6.45, 7) is 0. The van der Waals surface area contributed by atoms with E-state index in [1.165, 1.54) is 30.4 Å². The number of nitrogens with one attached hydrogen (secondary N) is 2. The smallest absolute Gasteiger partial charge is 0.357 e. The van der Waals surface area contributed by atoms with E-state index < -0.39 is 27.7 Å². The Bertz CT molecular complexity index is 1150. The van der Waals surface area contributed by atoms with Crippen molar-refractivity contribution in [2.75, 3.05) is 0 Å². The van der Waals surface area contributed by atoms with Crippen LogP contribution in [0.4, 0.5) is 10.1 Å². The third kappa shape index (κ3) is 3.47. The van der Waals surface area contributed by atoms with Gasteiger partial charge in [-0.25, -0.2) is 9.18 Å². The number of benzene rings is 1. The summed E-state index contributed by atoms with van der Waals surface area (Å²) in [6, 6.07) is 7.22. The molecule has 2 heterocycles. The maximum atomic E-state index is 13.2. The molecule has 3 aromatic rings. The molecule has 1 aromatic carbocycles. The number of hydrogen-bond donors (Lipinski definition) is 2. The van der Waals surface area contributed by atoms with E-state index in [0.29, 0.717) is 11.3 Å². The van der Waals surface area contributed by atoms with Crippen molar-refractivity contribution in [2.45, 2.75) is 0 Å². The quantitative estimate of drug-likeness (QED) is 0.534. The molecule has 0 radical (unpaired) electrons. The first-order valence-corrected chi connectivity index (χ1v) is 7.47. The minimum absolute atomic E-state index is 0.0623. The summed E-state index contributed by atoms with van der Waals surface area (Å²) in [5.74, 6) is 0.115. The van der Waals surface area contributed by atoms with Crippen molar-refractivity contribution in [3.05, 3.63) is 83.6 Å². The monoisotopic (exact) mass is 377 g/mol. The van der Waals surface area contributed by atoms with Crippen LogP contribution in [0.5, 0.6) is 0 Å². The topological polar surface area (TPSA) is 122 Å². The van der Waals surface area contributed by atoms with E-state index >= 15 is 0 Å². The normalized spacial score (nSPS) is 11.2. The van der Waals surface area contributed by atoms with Crippen LogP contribution in [-0.2, 0) is 0 Å². The predicted octanol–water partition coefficient (Wildman–Crippen LogP) is 3.19. The average Bonchev–Trinajstić information content (AvgIpc) is 3.03. The lowest BCUT2D eigenvalue weighted by molar-refractivity contribution is -0.386. The third-order valence-corrected chi connectivity index (χ3v) is 3.66. The van der Waals surface area contributed by atoms with Crippen LogP contribution < -0.4 is 11.2 Å². The number of nitrogens with zero attached hydrogens (tertiary/aromatic N) is 1. The van der Waals surface area contributed by atoms with E-state index in [9.17, 15) is 24.1 Å². The minimum atomic E-state index is -1.11. The molecule has 0 saturated heterocycles. The lowest BCUT2D eigenvalue weighted by Crippen LogP contribution is -2.25. The number of aromatic nitrogens is 2. The number of nitro groups is 1. The highest BCUT2D eigenvalue weighted by molar-refractivity contribution is 6.31. The molecule has 0 fully saturated rings. The number of H-pyrrole nitrogens is 2. The highest BCUT2D eigenvalue weighted by Gasteiger charge is 2.18. The van der Waals surface area contributed by atoms with E-state index in [1.54, 1.807) is 17.1 Å². The van der Waals surface area contributed by atoms with Crippen LogP contribution in [0.25, 0.3) is 23.5 Å². The van der Waals surface area contributed by atoms with Crippen molar-refractivity contribution in [1.29, 1.82) is 0 Å². The second kappa shape index (κ2) is 6.81. The molecule has 10 heteroatoms. The van der Waals surface area contributed by atoms with Gasteiger partial charge in [-0.15, -0.1) is 0 Å². The summed E-state index contributed by atoms with van der Waals surface area (Å²) in [5, 5.41) is 10.9. The molecule has 0 aliphatic heterocycles. The zero-order valence-corrected chi connectivity index (χ0v) is 13.5. The van der Waals surface area contributed by atoms with Crippen LogP contribution in [0.2, 0.25) is 5.02 Å². The van der Waals surface area contributed by atoms with Crippen molar-refractivity contribution in [3.63, 3.8) is 0 Å². The summed E-state index contributed by atoms with van der Waals surface area (Å²) >= 11 is 5.73. The number of aromatic amines is 2. The molecule has 0 bridgehead atoms. The summed E-state index contributed by atoms with van der Waals surface area (Å²) in [5.41, 5.74) is -2.52. The zero-order valence-electron chi connectivity index (χ0n) is 12.8. The van der Waals surface area contributed by atoms with Gasteiger partial charge in [-0.3, -0.25) is 19.9 Å². The highest BCUT2D eigenvalue weighted by atomic mass is 35.5. The molecule has 26 heavy (non-hydrogen) atoms. The van der Waals surface area contributed by atoms with E-state index in [2.05, 4.69) is 4.98 Å². The van der Waals surface area contributed by atoms with Gasteiger partial charge in [0.1, 0.15) is 23.0 Å². The summed E-state index contributed by atoms with van der Waals surface area (Å²) in [7, 11) is 0. The van der Waals surface area contributed by atoms with Crippen molar-refractivity contribution < 1.29 is 13.7 Å². The number of rotatable bonds is 4. The first-order valence-electron chi connectivity index (χ1n) is 7.09. The van der Waals surface area contributed by atoms with Crippen molar-refractivity contribution in [3.8, 4) is 11.3 Å². The Hall–Kier alpha value is -3.46. The lowest BCUT2D eigenvalue weighted by Gasteiger charge is -1.99. The molecular weight excluding hydrogens is 369 g/mol. The molecule has 2 N–H and O–H groups in total. The molecule has 0 aliphatic rings. The fourth-order valence-corrected chi connectivity index (χ4v) is 2.39. The van der Waals surface area contributed by atoms with E-state index in [0.717, 1.165) is 0 Å². The summed E-state index contributed by atoms with van der Waals surface area (Å²) in [6.07, 6.45) is 2.52. The van der Waals surface area contributed by atoms with Crippen molar-refractivity contribution in [1.82, 2.24) is 9.97 Å². The Morgan fingerprint density at radius 1 is 1.15 bits per heavy atom. The number of hydrogen-bond acceptors (Lipinski definition) is 5. The van der Waals surface area contributed by atoms with Gasteiger partial charge in [-0.1, -0.05) is 11.6 Å². The maximum Gasteiger partial charge on any atom is 0.357 e. The molecule has 8 nitrogen and oxygen atoms in total. The van der Waals surface area contributed by atoms with Crippen molar-refractivity contribution >= 4 is 29.4 Å². The first kappa shape index (κ1) is 17.4. The molecule has 0 unspecified atom stereocenters. The van der Waals surface area contributed by atoms with Gasteiger partial charge in [0.05, 0.1) is 9.95 Å². The third-order valence-electron chi connectivity index (χ3n) is 3.37. The van der Waals surface area contributed by atoms with E-state index in [-0.39, 0.29) is 16.5 Å². The van der Waals surface area contributed by atoms with Gasteiger partial charge in [0, 0.05) is 5.56 Å². The SMILES string of the molecule is O=c1[nH]c(/C=C/c2ccc(-c3ccc(F)c(Cl)c3)o2)c([N+](=O)[O-])c(=O)[nH]1. The summed E-state index contributed by atoms with van der Waals surface area (Å²) < 4.78 is 18.7. The van der Waals surface area contributed by atoms with Gasteiger partial charge < -0.3 is 9.40 Å². The molecule has 0 amide bonds. The number of halogens is 2. The second-order valence-corrected chi connectivity index (χ2v) is 5.50. The van der Waals surface area contributed by atoms with Gasteiger partial charge in [-0.2, -0.15) is 0 Å². The predicted molar refractivity (Wildman–Crippen MR) is 92.4 cm³/mol. The standard InChI is InChI=1S/C16H9ClFN3O5/c17-10-7-8(1-4-11(10)18)13-6-3-9(26-13)2-5-12-14(21(24)25)15(22)20-16(23)19-12/h1-7H,(H2,19,20,22,23)/b5-2+. The zero-order chi connectivity index (χ0) is 18.8. The number of furan rings is 1. The Labute approximate surface area is 148 Å². The fraction of sp³-hybridized carbons (Fsp3) is 0. The Morgan fingerprint density at radius 3 is 2.62 bits per heavy atom. The van der Waals surface area contributed by atoms with Gasteiger partial charge in [-0.05, 0) is 42.5 Å². The Morgan fingerprint density at radius 2 is 1.92 bits per heavy atom. The summed E-state index contributed by atoms with van der Waals surface area (Å²) in [4.78, 5) is 36.9. The molecule has 0 spiro atoms. The van der Waals surface area contributed by atoms with Crippen LogP contribution in [0.3, 0.4) is 0 Å². The molecule has 0 saturated carbocycles. The maximum absolute atomic E-state index is 13.2. The van der Waals surface area contributed by atoms with Gasteiger partial charge in [0.2, 0.25) is 0 Å². The fourth-order valence-electron chi connectivity index (χ4n) is 2.21. The van der Waals surface area contributed by atoms with Gasteiger partial charge in [0.25, 0.3) is 0 Å². The second-order valence-electron chi connectivity index (χ2n) is 5.09.